The molecule has 2 rings (SSSR count). The van der Waals surface area contributed by atoms with Crippen LogP contribution in [0.25, 0.3) is 0 Å². The Bertz CT molecular complexity index is 760. The lowest BCUT2D eigenvalue weighted by molar-refractivity contribution is -0.385. The van der Waals surface area contributed by atoms with Crippen LogP contribution in [0.4, 0.5) is 17.1 Å². The largest absolute Gasteiger partial charge is 0.384 e. The minimum atomic E-state index is -0.557. The number of carbonyl (C=O) groups excluding carboxylic acids is 1. The Morgan fingerprint density at radius 3 is 2.22 bits per heavy atom. The SMILES string of the molecule is O=C(CCNc1cccc([N+](=O)[O-])c1)c1cccc([N+](=O)[O-])c1. The van der Waals surface area contributed by atoms with Gasteiger partial charge in [-0.25, -0.2) is 0 Å². The average Bonchev–Trinajstić information content (AvgIpc) is 2.55. The molecule has 2 aromatic carbocycles. The number of rotatable bonds is 7. The fraction of sp³-hybridized carbons (Fsp3) is 0.133. The maximum atomic E-state index is 12.0. The van der Waals surface area contributed by atoms with Crippen LogP contribution in [0.15, 0.2) is 48.5 Å². The minimum absolute atomic E-state index is 0.0417. The molecule has 2 aromatic rings. The second-order valence-corrected chi connectivity index (χ2v) is 4.71. The molecule has 0 aromatic heterocycles. The van der Waals surface area contributed by atoms with Crippen molar-refractivity contribution in [1.29, 1.82) is 0 Å². The first-order chi connectivity index (χ1) is 11.0. The number of hydrogen-bond acceptors (Lipinski definition) is 6. The van der Waals surface area contributed by atoms with Gasteiger partial charge in [-0.3, -0.25) is 25.0 Å². The van der Waals surface area contributed by atoms with Crippen molar-refractivity contribution in [2.45, 2.75) is 6.42 Å². The molecule has 0 unspecified atom stereocenters. The van der Waals surface area contributed by atoms with Gasteiger partial charge in [-0.1, -0.05) is 18.2 Å². The molecule has 0 aliphatic rings. The summed E-state index contributed by atoms with van der Waals surface area (Å²) in [4.78, 5) is 32.3. The van der Waals surface area contributed by atoms with E-state index < -0.39 is 9.85 Å². The van der Waals surface area contributed by atoms with Crippen molar-refractivity contribution in [2.24, 2.45) is 0 Å². The predicted molar refractivity (Wildman–Crippen MR) is 83.6 cm³/mol. The molecular formula is C15H13N3O5. The molecule has 0 aliphatic heterocycles. The van der Waals surface area contributed by atoms with Crippen LogP contribution in [0.2, 0.25) is 0 Å². The maximum absolute atomic E-state index is 12.0. The highest BCUT2D eigenvalue weighted by atomic mass is 16.6. The molecule has 1 N–H and O–H groups in total. The molecule has 0 heterocycles. The van der Waals surface area contributed by atoms with Gasteiger partial charge in [0, 0.05) is 48.5 Å². The zero-order chi connectivity index (χ0) is 16.8. The van der Waals surface area contributed by atoms with Crippen LogP contribution < -0.4 is 5.32 Å². The van der Waals surface area contributed by atoms with Crippen molar-refractivity contribution in [3.63, 3.8) is 0 Å². The van der Waals surface area contributed by atoms with E-state index in [-0.39, 0.29) is 35.7 Å². The first kappa shape index (κ1) is 16.1. The standard InChI is InChI=1S/C15H13N3O5/c19-15(11-3-1-5-13(9-11)17(20)21)7-8-16-12-4-2-6-14(10-12)18(22)23/h1-6,9-10,16H,7-8H2. The van der Waals surface area contributed by atoms with Crippen LogP contribution in [-0.4, -0.2) is 22.2 Å². The fourth-order valence-corrected chi connectivity index (χ4v) is 1.99. The van der Waals surface area contributed by atoms with Crippen LogP contribution in [-0.2, 0) is 0 Å². The van der Waals surface area contributed by atoms with Crippen LogP contribution in [0.1, 0.15) is 16.8 Å². The summed E-state index contributed by atoms with van der Waals surface area (Å²) in [6.45, 7) is 0.267. The van der Waals surface area contributed by atoms with E-state index in [4.69, 9.17) is 0 Å². The third kappa shape index (κ3) is 4.34. The molecule has 0 amide bonds. The summed E-state index contributed by atoms with van der Waals surface area (Å²) in [6, 6.07) is 11.5. The Kier molecular flexibility index (Phi) is 4.98. The number of nitrogens with zero attached hydrogens (tertiary/aromatic N) is 2. The number of carbonyl (C=O) groups is 1. The number of nitro groups is 2. The molecular weight excluding hydrogens is 302 g/mol. The van der Waals surface area contributed by atoms with Gasteiger partial charge in [0.05, 0.1) is 9.85 Å². The van der Waals surface area contributed by atoms with Crippen molar-refractivity contribution in [1.82, 2.24) is 0 Å². The highest BCUT2D eigenvalue weighted by Gasteiger charge is 2.11. The third-order valence-electron chi connectivity index (χ3n) is 3.12. The number of anilines is 1. The monoisotopic (exact) mass is 315 g/mol. The summed E-state index contributed by atoms with van der Waals surface area (Å²) in [5.41, 5.74) is 0.619. The summed E-state index contributed by atoms with van der Waals surface area (Å²) in [6.07, 6.45) is 0.115. The first-order valence-electron chi connectivity index (χ1n) is 6.73. The summed E-state index contributed by atoms with van der Waals surface area (Å²) in [7, 11) is 0. The van der Waals surface area contributed by atoms with Crippen LogP contribution in [0.5, 0.6) is 0 Å². The summed E-state index contributed by atoms with van der Waals surface area (Å²) < 4.78 is 0. The van der Waals surface area contributed by atoms with E-state index in [0.717, 1.165) is 0 Å². The normalized spacial score (nSPS) is 10.1. The van der Waals surface area contributed by atoms with E-state index in [1.807, 2.05) is 0 Å². The number of ketones is 1. The minimum Gasteiger partial charge on any atom is -0.384 e. The van der Waals surface area contributed by atoms with E-state index in [0.29, 0.717) is 5.69 Å². The number of Topliss-reactive ketones (excluding diaryl/α,β-unsaturated/α-hetero) is 1. The average molecular weight is 315 g/mol. The van der Waals surface area contributed by atoms with Crippen LogP contribution in [0, 0.1) is 20.2 Å². The molecule has 0 saturated heterocycles. The highest BCUT2D eigenvalue weighted by molar-refractivity contribution is 5.96. The lowest BCUT2D eigenvalue weighted by atomic mass is 10.1. The second kappa shape index (κ2) is 7.12. The van der Waals surface area contributed by atoms with E-state index in [9.17, 15) is 25.0 Å². The van der Waals surface area contributed by atoms with Crippen LogP contribution >= 0.6 is 0 Å². The third-order valence-corrected chi connectivity index (χ3v) is 3.12. The van der Waals surface area contributed by atoms with Gasteiger partial charge in [0.2, 0.25) is 0 Å². The molecule has 0 saturated carbocycles. The quantitative estimate of drug-likeness (QED) is 0.476. The first-order valence-corrected chi connectivity index (χ1v) is 6.73. The van der Waals surface area contributed by atoms with E-state index in [2.05, 4.69) is 5.32 Å². The topological polar surface area (TPSA) is 115 Å². The molecule has 0 bridgehead atoms. The maximum Gasteiger partial charge on any atom is 0.271 e. The number of nitrogens with one attached hydrogen (secondary N) is 1. The number of benzene rings is 2. The van der Waals surface area contributed by atoms with Gasteiger partial charge in [0.25, 0.3) is 11.4 Å². The van der Waals surface area contributed by atoms with Gasteiger partial charge in [0.15, 0.2) is 5.78 Å². The molecule has 0 aliphatic carbocycles. The lowest BCUT2D eigenvalue weighted by Crippen LogP contribution is -2.09. The molecule has 8 nitrogen and oxygen atoms in total. The van der Waals surface area contributed by atoms with E-state index in [1.165, 1.54) is 36.4 Å². The van der Waals surface area contributed by atoms with Crippen molar-refractivity contribution < 1.29 is 14.6 Å². The molecule has 0 atom stereocenters. The lowest BCUT2D eigenvalue weighted by Gasteiger charge is -2.06. The number of nitro benzene ring substituents is 2. The molecule has 0 fully saturated rings. The molecule has 118 valence electrons. The number of non-ortho nitro benzene ring substituents is 2. The Morgan fingerprint density at radius 1 is 0.957 bits per heavy atom. The van der Waals surface area contributed by atoms with Gasteiger partial charge in [-0.05, 0) is 6.07 Å². The molecule has 0 spiro atoms. The summed E-state index contributed by atoms with van der Waals surface area (Å²) in [5.74, 6) is -0.244. The van der Waals surface area contributed by atoms with Gasteiger partial charge in [0.1, 0.15) is 0 Å². The van der Waals surface area contributed by atoms with Gasteiger partial charge in [-0.15, -0.1) is 0 Å². The van der Waals surface area contributed by atoms with Gasteiger partial charge in [-0.2, -0.15) is 0 Å². The summed E-state index contributed by atoms with van der Waals surface area (Å²) >= 11 is 0. The Labute approximate surface area is 131 Å². The molecule has 8 heteroatoms. The zero-order valence-corrected chi connectivity index (χ0v) is 12.0. The smallest absolute Gasteiger partial charge is 0.271 e. The Hall–Kier alpha value is -3.29. The number of hydrogen-bond donors (Lipinski definition) is 1. The Morgan fingerprint density at radius 2 is 1.57 bits per heavy atom. The van der Waals surface area contributed by atoms with Crippen molar-refractivity contribution in [3.05, 3.63) is 74.3 Å². The van der Waals surface area contributed by atoms with E-state index >= 15 is 0 Å². The highest BCUT2D eigenvalue weighted by Crippen LogP contribution is 2.18. The second-order valence-electron chi connectivity index (χ2n) is 4.71. The molecule has 0 radical (unpaired) electrons. The summed E-state index contributed by atoms with van der Waals surface area (Å²) in [5, 5.41) is 24.3. The van der Waals surface area contributed by atoms with Crippen molar-refractivity contribution >= 4 is 22.8 Å². The van der Waals surface area contributed by atoms with Crippen molar-refractivity contribution in [2.75, 3.05) is 11.9 Å². The Balaban J connectivity index is 1.95. The van der Waals surface area contributed by atoms with Crippen LogP contribution in [0.3, 0.4) is 0 Å². The zero-order valence-electron chi connectivity index (χ0n) is 12.0. The molecule has 23 heavy (non-hydrogen) atoms. The van der Waals surface area contributed by atoms with Gasteiger partial charge < -0.3 is 5.32 Å². The van der Waals surface area contributed by atoms with E-state index in [1.54, 1.807) is 12.1 Å². The van der Waals surface area contributed by atoms with Crippen molar-refractivity contribution in [3.8, 4) is 0 Å². The predicted octanol–water partition coefficient (Wildman–Crippen LogP) is 3.19. The fourth-order valence-electron chi connectivity index (χ4n) is 1.99. The van der Waals surface area contributed by atoms with Gasteiger partial charge >= 0.3 is 0 Å².